The maximum absolute atomic E-state index is 13.1. The Balaban J connectivity index is 1.32. The van der Waals surface area contributed by atoms with E-state index in [0.29, 0.717) is 28.2 Å². The number of ether oxygens (including phenoxy) is 2. The lowest BCUT2D eigenvalue weighted by Crippen LogP contribution is -2.38. The first-order valence-electron chi connectivity index (χ1n) is 11.9. The minimum atomic E-state index is -0.258. The molecule has 1 saturated heterocycles. The first kappa shape index (κ1) is 22.7. The lowest BCUT2D eigenvalue weighted by molar-refractivity contribution is -0.134. The van der Waals surface area contributed by atoms with Crippen LogP contribution in [0.4, 0.5) is 0 Å². The van der Waals surface area contributed by atoms with E-state index in [9.17, 15) is 9.59 Å². The van der Waals surface area contributed by atoms with Gasteiger partial charge in [0.25, 0.3) is 5.91 Å². The smallest absolute Gasteiger partial charge is 0.260 e. The van der Waals surface area contributed by atoms with Crippen molar-refractivity contribution in [3.05, 3.63) is 88.8 Å². The second-order valence-electron chi connectivity index (χ2n) is 8.70. The van der Waals surface area contributed by atoms with Gasteiger partial charge in [-0.2, -0.15) is 0 Å². The van der Waals surface area contributed by atoms with Gasteiger partial charge in [0.2, 0.25) is 11.2 Å². The molecule has 0 unspecified atom stereocenters. The summed E-state index contributed by atoms with van der Waals surface area (Å²) >= 11 is 0. The van der Waals surface area contributed by atoms with Gasteiger partial charge in [-0.25, -0.2) is 0 Å². The van der Waals surface area contributed by atoms with E-state index in [0.717, 1.165) is 37.1 Å². The number of amides is 1. The number of hydrogen-bond donors (Lipinski definition) is 0. The third kappa shape index (κ3) is 5.06. The predicted octanol–water partition coefficient (Wildman–Crippen LogP) is 5.95. The molecule has 5 rings (SSSR count). The standard InChI is InChI=1S/C29H27NO5/c1-20-29(35-23-12-10-22(11-13-23)21-8-4-2-5-9-21)28(32)25-15-14-24(18-26(25)34-20)33-19-27(31)30-16-6-3-7-17-30/h2,4-5,8-15,18H,3,6-7,16-17,19H2,1H3. The van der Waals surface area contributed by atoms with Crippen molar-refractivity contribution < 1.29 is 18.7 Å². The summed E-state index contributed by atoms with van der Waals surface area (Å²) < 4.78 is 17.5. The van der Waals surface area contributed by atoms with Crippen molar-refractivity contribution in [1.82, 2.24) is 4.90 Å². The monoisotopic (exact) mass is 469 g/mol. The molecule has 6 nitrogen and oxygen atoms in total. The van der Waals surface area contributed by atoms with Gasteiger partial charge in [0, 0.05) is 19.2 Å². The fourth-order valence-corrected chi connectivity index (χ4v) is 4.32. The van der Waals surface area contributed by atoms with Gasteiger partial charge in [-0.05, 0) is 61.6 Å². The Morgan fingerprint density at radius 2 is 1.57 bits per heavy atom. The molecule has 0 spiro atoms. The van der Waals surface area contributed by atoms with Crippen LogP contribution in [0.2, 0.25) is 0 Å². The highest BCUT2D eigenvalue weighted by Gasteiger charge is 2.18. The summed E-state index contributed by atoms with van der Waals surface area (Å²) in [5, 5.41) is 0.390. The number of carbonyl (C=O) groups is 1. The topological polar surface area (TPSA) is 69.0 Å². The molecule has 1 fully saturated rings. The van der Waals surface area contributed by atoms with E-state index in [2.05, 4.69) is 0 Å². The molecule has 0 aliphatic carbocycles. The first-order chi connectivity index (χ1) is 17.1. The van der Waals surface area contributed by atoms with Gasteiger partial charge in [-0.3, -0.25) is 9.59 Å². The molecule has 0 radical (unpaired) electrons. The van der Waals surface area contributed by atoms with Crippen LogP contribution in [0.5, 0.6) is 17.2 Å². The molecular weight excluding hydrogens is 442 g/mol. The van der Waals surface area contributed by atoms with Crippen LogP contribution in [0.25, 0.3) is 22.1 Å². The quantitative estimate of drug-likeness (QED) is 0.349. The maximum Gasteiger partial charge on any atom is 0.260 e. The third-order valence-corrected chi connectivity index (χ3v) is 6.24. The highest BCUT2D eigenvalue weighted by Crippen LogP contribution is 2.29. The Labute approximate surface area is 203 Å². The second-order valence-corrected chi connectivity index (χ2v) is 8.70. The molecule has 35 heavy (non-hydrogen) atoms. The Bertz CT molecular complexity index is 1390. The third-order valence-electron chi connectivity index (χ3n) is 6.24. The minimum absolute atomic E-state index is 0.0236. The molecule has 6 heteroatoms. The van der Waals surface area contributed by atoms with Crippen molar-refractivity contribution >= 4 is 16.9 Å². The summed E-state index contributed by atoms with van der Waals surface area (Å²) in [5.41, 5.74) is 2.30. The molecule has 1 aliphatic rings. The highest BCUT2D eigenvalue weighted by atomic mass is 16.5. The van der Waals surface area contributed by atoms with Gasteiger partial charge in [0.05, 0.1) is 5.39 Å². The maximum atomic E-state index is 13.1. The van der Waals surface area contributed by atoms with Crippen LogP contribution in [0.3, 0.4) is 0 Å². The number of likely N-dealkylation sites (tertiary alicyclic amines) is 1. The number of hydrogen-bond acceptors (Lipinski definition) is 5. The Morgan fingerprint density at radius 3 is 2.31 bits per heavy atom. The van der Waals surface area contributed by atoms with Gasteiger partial charge < -0.3 is 18.8 Å². The molecule has 3 aromatic carbocycles. The van der Waals surface area contributed by atoms with E-state index >= 15 is 0 Å². The van der Waals surface area contributed by atoms with Crippen molar-refractivity contribution in [2.24, 2.45) is 0 Å². The molecule has 0 bridgehead atoms. The lowest BCUT2D eigenvalue weighted by Gasteiger charge is -2.26. The SMILES string of the molecule is Cc1oc2cc(OCC(=O)N3CCCCC3)ccc2c(=O)c1Oc1ccc(-c2ccccc2)cc1. The van der Waals surface area contributed by atoms with Crippen LogP contribution < -0.4 is 14.9 Å². The van der Waals surface area contributed by atoms with E-state index in [4.69, 9.17) is 13.9 Å². The number of aryl methyl sites for hydroxylation is 1. The van der Waals surface area contributed by atoms with Crippen molar-refractivity contribution in [3.8, 4) is 28.4 Å². The zero-order valence-corrected chi connectivity index (χ0v) is 19.7. The van der Waals surface area contributed by atoms with Crippen LogP contribution in [0, 0.1) is 6.92 Å². The fraction of sp³-hybridized carbons (Fsp3) is 0.241. The summed E-state index contributed by atoms with van der Waals surface area (Å²) in [6.07, 6.45) is 3.24. The molecular formula is C29H27NO5. The summed E-state index contributed by atoms with van der Waals surface area (Å²) in [6, 6.07) is 22.6. The molecule has 1 amide bonds. The number of rotatable bonds is 6. The predicted molar refractivity (Wildman–Crippen MR) is 135 cm³/mol. The summed E-state index contributed by atoms with van der Waals surface area (Å²) in [6.45, 7) is 3.23. The van der Waals surface area contributed by atoms with Crippen LogP contribution >= 0.6 is 0 Å². The van der Waals surface area contributed by atoms with E-state index in [1.165, 1.54) is 6.42 Å². The molecule has 0 atom stereocenters. The molecule has 1 aliphatic heterocycles. The highest BCUT2D eigenvalue weighted by molar-refractivity contribution is 5.80. The largest absolute Gasteiger partial charge is 0.484 e. The fourth-order valence-electron chi connectivity index (χ4n) is 4.32. The van der Waals surface area contributed by atoms with E-state index in [-0.39, 0.29) is 23.7 Å². The summed E-state index contributed by atoms with van der Waals surface area (Å²) in [5.74, 6) is 1.53. The zero-order chi connectivity index (χ0) is 24.2. The molecule has 2 heterocycles. The second kappa shape index (κ2) is 10.1. The lowest BCUT2D eigenvalue weighted by atomic mass is 10.1. The first-order valence-corrected chi connectivity index (χ1v) is 11.9. The number of piperidine rings is 1. The zero-order valence-electron chi connectivity index (χ0n) is 19.7. The number of nitrogens with zero attached hydrogens (tertiary/aromatic N) is 1. The Hall–Kier alpha value is -4.06. The van der Waals surface area contributed by atoms with E-state index in [1.807, 2.05) is 59.5 Å². The number of carbonyl (C=O) groups excluding carboxylic acids is 1. The van der Waals surface area contributed by atoms with Crippen molar-refractivity contribution in [2.75, 3.05) is 19.7 Å². The average Bonchev–Trinajstić information content (AvgIpc) is 2.91. The van der Waals surface area contributed by atoms with E-state index < -0.39 is 0 Å². The van der Waals surface area contributed by atoms with Crippen LogP contribution in [-0.2, 0) is 4.79 Å². The molecule has 0 saturated carbocycles. The van der Waals surface area contributed by atoms with Gasteiger partial charge in [0.15, 0.2) is 6.61 Å². The molecule has 1 aromatic heterocycles. The van der Waals surface area contributed by atoms with Crippen LogP contribution in [-0.4, -0.2) is 30.5 Å². The molecule has 0 N–H and O–H groups in total. The van der Waals surface area contributed by atoms with Crippen LogP contribution in [0.1, 0.15) is 25.0 Å². The van der Waals surface area contributed by atoms with Crippen LogP contribution in [0.15, 0.2) is 82.0 Å². The van der Waals surface area contributed by atoms with E-state index in [1.54, 1.807) is 25.1 Å². The van der Waals surface area contributed by atoms with Crippen molar-refractivity contribution in [3.63, 3.8) is 0 Å². The summed E-state index contributed by atoms with van der Waals surface area (Å²) in [7, 11) is 0. The van der Waals surface area contributed by atoms with Gasteiger partial charge in [-0.15, -0.1) is 0 Å². The Kier molecular flexibility index (Phi) is 6.53. The normalized spacial score (nSPS) is 13.6. The minimum Gasteiger partial charge on any atom is -0.484 e. The van der Waals surface area contributed by atoms with Gasteiger partial charge in [-0.1, -0.05) is 42.5 Å². The molecule has 4 aromatic rings. The number of benzene rings is 3. The Morgan fingerprint density at radius 1 is 0.886 bits per heavy atom. The van der Waals surface area contributed by atoms with Crippen molar-refractivity contribution in [2.45, 2.75) is 26.2 Å². The van der Waals surface area contributed by atoms with Gasteiger partial charge in [0.1, 0.15) is 22.8 Å². The average molecular weight is 470 g/mol. The molecule has 178 valence electrons. The van der Waals surface area contributed by atoms with Gasteiger partial charge >= 0.3 is 0 Å². The van der Waals surface area contributed by atoms with Crippen molar-refractivity contribution in [1.29, 1.82) is 0 Å². The summed E-state index contributed by atoms with van der Waals surface area (Å²) in [4.78, 5) is 27.4. The number of fused-ring (bicyclic) bond motifs is 1.